The molecule has 0 radical (unpaired) electrons. The van der Waals surface area contributed by atoms with Crippen LogP contribution < -0.4 is 0 Å². The van der Waals surface area contributed by atoms with Gasteiger partial charge in [0.15, 0.2) is 0 Å². The van der Waals surface area contributed by atoms with Crippen molar-refractivity contribution in [2.45, 2.75) is 37.6 Å². The summed E-state index contributed by atoms with van der Waals surface area (Å²) < 4.78 is 11.8. The van der Waals surface area contributed by atoms with E-state index in [9.17, 15) is 10.2 Å². The highest BCUT2D eigenvalue weighted by molar-refractivity contribution is 4.93. The maximum absolute atomic E-state index is 9.76. The number of hydrogen-bond donors (Lipinski definition) is 3. The van der Waals surface area contributed by atoms with Crippen LogP contribution in [0.25, 0.3) is 0 Å². The van der Waals surface area contributed by atoms with Crippen molar-refractivity contribution in [2.75, 3.05) is 13.7 Å². The van der Waals surface area contributed by atoms with E-state index < -0.39 is 24.4 Å². The molecule has 0 amide bonds. The Morgan fingerprint density at radius 2 is 2.11 bits per heavy atom. The quantitative estimate of drug-likeness (QED) is 0.556. The first-order valence-corrected chi connectivity index (χ1v) is 5.66. The second-order valence-electron chi connectivity index (χ2n) is 4.24. The second kappa shape index (κ2) is 5.72. The van der Waals surface area contributed by atoms with Crippen LogP contribution in [0.3, 0.4) is 0 Å². The monoisotopic (exact) mass is 259 g/mol. The lowest BCUT2D eigenvalue weighted by atomic mass is 10.1. The summed E-state index contributed by atoms with van der Waals surface area (Å²) in [6, 6.07) is 0. The van der Waals surface area contributed by atoms with Crippen LogP contribution in [0.15, 0.2) is 6.20 Å². The first-order chi connectivity index (χ1) is 8.65. The molecule has 0 saturated carbocycles. The Hall–Kier alpha value is -1.06. The van der Waals surface area contributed by atoms with E-state index in [1.165, 1.54) is 4.68 Å². The summed E-state index contributed by atoms with van der Waals surface area (Å²) in [7, 11) is 1.56. The average molecular weight is 259 g/mol. The van der Waals surface area contributed by atoms with Crippen molar-refractivity contribution in [1.82, 2.24) is 15.0 Å². The molecule has 8 nitrogen and oxygen atoms in total. The van der Waals surface area contributed by atoms with Crippen LogP contribution in [0.2, 0.25) is 0 Å². The zero-order chi connectivity index (χ0) is 13.1. The van der Waals surface area contributed by atoms with Crippen molar-refractivity contribution in [3.8, 4) is 0 Å². The molecule has 0 aliphatic carbocycles. The SMILES string of the molecule is COCc1cn(C[C@@H]2O[C@H](CO)[C@@H](O)[C@@H]2O)nn1. The maximum atomic E-state index is 9.76. The summed E-state index contributed by atoms with van der Waals surface area (Å²) in [6.45, 7) is 0.280. The second-order valence-corrected chi connectivity index (χ2v) is 4.24. The van der Waals surface area contributed by atoms with E-state index >= 15 is 0 Å². The highest BCUT2D eigenvalue weighted by Gasteiger charge is 2.42. The number of nitrogens with zero attached hydrogens (tertiary/aromatic N) is 3. The Morgan fingerprint density at radius 3 is 2.72 bits per heavy atom. The van der Waals surface area contributed by atoms with Crippen LogP contribution in [0, 0.1) is 0 Å². The molecule has 102 valence electrons. The van der Waals surface area contributed by atoms with Gasteiger partial charge in [-0.05, 0) is 0 Å². The van der Waals surface area contributed by atoms with E-state index in [4.69, 9.17) is 14.6 Å². The zero-order valence-corrected chi connectivity index (χ0v) is 10.0. The lowest BCUT2D eigenvalue weighted by molar-refractivity contribution is -0.0276. The van der Waals surface area contributed by atoms with Gasteiger partial charge in [0.1, 0.15) is 30.1 Å². The molecule has 0 aromatic carbocycles. The van der Waals surface area contributed by atoms with E-state index in [0.29, 0.717) is 12.3 Å². The van der Waals surface area contributed by atoms with Crippen molar-refractivity contribution in [2.24, 2.45) is 0 Å². The third-order valence-corrected chi connectivity index (χ3v) is 2.89. The summed E-state index contributed by atoms with van der Waals surface area (Å²) in [5.41, 5.74) is 0.671. The van der Waals surface area contributed by atoms with Crippen LogP contribution in [0.1, 0.15) is 5.69 Å². The van der Waals surface area contributed by atoms with Crippen LogP contribution in [-0.4, -0.2) is 68.4 Å². The molecule has 1 aliphatic heterocycles. The smallest absolute Gasteiger partial charge is 0.111 e. The number of rotatable bonds is 5. The van der Waals surface area contributed by atoms with E-state index in [1.807, 2.05) is 0 Å². The van der Waals surface area contributed by atoms with Crippen molar-refractivity contribution in [3.05, 3.63) is 11.9 Å². The average Bonchev–Trinajstić information content (AvgIpc) is 2.90. The van der Waals surface area contributed by atoms with Crippen LogP contribution in [0.4, 0.5) is 0 Å². The first kappa shape index (κ1) is 13.4. The normalized spacial score (nSPS) is 32.0. The molecule has 0 unspecified atom stereocenters. The highest BCUT2D eigenvalue weighted by atomic mass is 16.6. The van der Waals surface area contributed by atoms with Gasteiger partial charge >= 0.3 is 0 Å². The minimum Gasteiger partial charge on any atom is -0.394 e. The molecule has 1 aromatic rings. The molecule has 0 bridgehead atoms. The lowest BCUT2D eigenvalue weighted by Crippen LogP contribution is -2.35. The van der Waals surface area contributed by atoms with Gasteiger partial charge in [-0.2, -0.15) is 0 Å². The number of ether oxygens (including phenoxy) is 2. The van der Waals surface area contributed by atoms with Crippen LogP contribution in [-0.2, 0) is 22.6 Å². The Morgan fingerprint density at radius 1 is 1.39 bits per heavy atom. The Kier molecular flexibility index (Phi) is 4.25. The van der Waals surface area contributed by atoms with E-state index in [1.54, 1.807) is 13.3 Å². The molecule has 1 saturated heterocycles. The molecule has 1 aliphatic rings. The molecule has 2 rings (SSSR count). The largest absolute Gasteiger partial charge is 0.394 e. The molecular formula is C10H17N3O5. The topological polar surface area (TPSA) is 110 Å². The minimum absolute atomic E-state index is 0.255. The van der Waals surface area contributed by atoms with E-state index in [2.05, 4.69) is 10.3 Å². The fourth-order valence-corrected chi connectivity index (χ4v) is 1.95. The number of methoxy groups -OCH3 is 1. The van der Waals surface area contributed by atoms with Gasteiger partial charge in [0.25, 0.3) is 0 Å². The van der Waals surface area contributed by atoms with Crippen molar-refractivity contribution in [1.29, 1.82) is 0 Å². The van der Waals surface area contributed by atoms with Gasteiger partial charge in [-0.3, -0.25) is 0 Å². The van der Waals surface area contributed by atoms with Gasteiger partial charge in [-0.25, -0.2) is 4.68 Å². The fourth-order valence-electron chi connectivity index (χ4n) is 1.95. The fraction of sp³-hybridized carbons (Fsp3) is 0.800. The van der Waals surface area contributed by atoms with Gasteiger partial charge in [0, 0.05) is 7.11 Å². The number of aromatic nitrogens is 3. The predicted molar refractivity (Wildman–Crippen MR) is 58.5 cm³/mol. The Bertz CT molecular complexity index is 385. The van der Waals surface area contributed by atoms with Gasteiger partial charge in [0.2, 0.25) is 0 Å². The van der Waals surface area contributed by atoms with Gasteiger partial charge in [-0.15, -0.1) is 5.10 Å². The van der Waals surface area contributed by atoms with E-state index in [0.717, 1.165) is 0 Å². The van der Waals surface area contributed by atoms with Crippen molar-refractivity contribution >= 4 is 0 Å². The molecule has 0 spiro atoms. The van der Waals surface area contributed by atoms with Gasteiger partial charge in [-0.1, -0.05) is 5.21 Å². The lowest BCUT2D eigenvalue weighted by Gasteiger charge is -2.13. The summed E-state index contributed by atoms with van der Waals surface area (Å²) in [4.78, 5) is 0. The predicted octanol–water partition coefficient (Wildman–Crippen LogP) is -2.09. The van der Waals surface area contributed by atoms with Crippen molar-refractivity contribution in [3.63, 3.8) is 0 Å². The molecule has 4 atom stereocenters. The third-order valence-electron chi connectivity index (χ3n) is 2.89. The van der Waals surface area contributed by atoms with E-state index in [-0.39, 0.29) is 13.2 Å². The Balaban J connectivity index is 1.96. The minimum atomic E-state index is -1.08. The number of aliphatic hydroxyl groups is 3. The zero-order valence-electron chi connectivity index (χ0n) is 10.0. The number of aliphatic hydroxyl groups excluding tert-OH is 3. The van der Waals surface area contributed by atoms with Crippen LogP contribution >= 0.6 is 0 Å². The summed E-state index contributed by atoms with van der Waals surface area (Å²) in [5, 5.41) is 36.0. The molecule has 3 N–H and O–H groups in total. The molecule has 18 heavy (non-hydrogen) atoms. The highest BCUT2D eigenvalue weighted by Crippen LogP contribution is 2.22. The van der Waals surface area contributed by atoms with Gasteiger partial charge < -0.3 is 24.8 Å². The molecule has 1 aromatic heterocycles. The molecule has 8 heteroatoms. The van der Waals surface area contributed by atoms with Gasteiger partial charge in [0.05, 0.1) is 26.0 Å². The summed E-state index contributed by atoms with van der Waals surface area (Å²) in [6.07, 6.45) is -1.82. The maximum Gasteiger partial charge on any atom is 0.111 e. The molecule has 2 heterocycles. The van der Waals surface area contributed by atoms with Crippen molar-refractivity contribution < 1.29 is 24.8 Å². The van der Waals surface area contributed by atoms with Crippen LogP contribution in [0.5, 0.6) is 0 Å². The summed E-state index contributed by atoms with van der Waals surface area (Å²) in [5.74, 6) is 0. The summed E-state index contributed by atoms with van der Waals surface area (Å²) >= 11 is 0. The number of hydrogen-bond acceptors (Lipinski definition) is 7. The molecule has 1 fully saturated rings. The molecular weight excluding hydrogens is 242 g/mol. The Labute approximate surface area is 104 Å². The first-order valence-electron chi connectivity index (χ1n) is 5.66. The standard InChI is InChI=1S/C10H17N3O5/c1-17-5-6-2-13(12-11-6)3-7-9(15)10(16)8(4-14)18-7/h2,7-10,14-16H,3-5H2,1H3/t7-,8+,9+,10+/m0/s1. The third kappa shape index (κ3) is 2.68.